The van der Waals surface area contributed by atoms with Gasteiger partial charge in [0.1, 0.15) is 0 Å². The van der Waals surface area contributed by atoms with Crippen LogP contribution in [0.1, 0.15) is 25.5 Å². The van der Waals surface area contributed by atoms with Crippen LogP contribution in [-0.4, -0.2) is 17.4 Å². The van der Waals surface area contributed by atoms with Gasteiger partial charge < -0.3 is 5.32 Å². The van der Waals surface area contributed by atoms with Crippen molar-refractivity contribution in [3.8, 4) is 0 Å². The van der Waals surface area contributed by atoms with Crippen molar-refractivity contribution in [1.82, 2.24) is 10.3 Å². The normalized spacial score (nSPS) is 9.79. The Hall–Kier alpha value is -1.38. The molecule has 0 saturated carbocycles. The molecule has 0 aliphatic heterocycles. The quantitative estimate of drug-likeness (QED) is 0.769. The summed E-state index contributed by atoms with van der Waals surface area (Å²) in [4.78, 5) is 15.3. The van der Waals surface area contributed by atoms with Gasteiger partial charge in [0.15, 0.2) is 0 Å². The van der Waals surface area contributed by atoms with Crippen LogP contribution < -0.4 is 5.32 Å². The van der Waals surface area contributed by atoms with E-state index in [0.29, 0.717) is 13.0 Å². The summed E-state index contributed by atoms with van der Waals surface area (Å²) in [6, 6.07) is 5.81. The van der Waals surface area contributed by atoms with Crippen LogP contribution >= 0.6 is 0 Å². The van der Waals surface area contributed by atoms with E-state index in [1.165, 1.54) is 0 Å². The highest BCUT2D eigenvalue weighted by Gasteiger charge is 1.98. The molecule has 0 aromatic carbocycles. The monoisotopic (exact) mass is 192 g/mol. The van der Waals surface area contributed by atoms with Crippen LogP contribution in [-0.2, 0) is 11.2 Å². The average molecular weight is 192 g/mol. The third-order valence-electron chi connectivity index (χ3n) is 1.91. The molecule has 1 amide bonds. The molecule has 1 rings (SSSR count). The first kappa shape index (κ1) is 10.7. The molecule has 1 aromatic rings. The third-order valence-corrected chi connectivity index (χ3v) is 1.91. The minimum absolute atomic E-state index is 0.128. The van der Waals surface area contributed by atoms with Crippen molar-refractivity contribution in [2.24, 2.45) is 0 Å². The maximum absolute atomic E-state index is 11.1. The number of carbonyl (C=O) groups is 1. The first-order chi connectivity index (χ1) is 6.83. The second kappa shape index (κ2) is 6.13. The summed E-state index contributed by atoms with van der Waals surface area (Å²) in [6.07, 6.45) is 4.08. The molecule has 0 bridgehead atoms. The maximum Gasteiger partial charge on any atom is 0.219 e. The molecule has 76 valence electrons. The molecule has 0 aliphatic rings. The summed E-state index contributed by atoms with van der Waals surface area (Å²) in [5, 5.41) is 2.85. The minimum Gasteiger partial charge on any atom is -0.356 e. The highest BCUT2D eigenvalue weighted by atomic mass is 16.1. The highest BCUT2D eigenvalue weighted by Crippen LogP contribution is 1.93. The molecule has 0 radical (unpaired) electrons. The molecule has 3 nitrogen and oxygen atoms in total. The lowest BCUT2D eigenvalue weighted by atomic mass is 10.2. The first-order valence-corrected chi connectivity index (χ1v) is 4.99. The Labute approximate surface area is 84.6 Å². The Morgan fingerprint density at radius 2 is 2.36 bits per heavy atom. The first-order valence-electron chi connectivity index (χ1n) is 4.99. The van der Waals surface area contributed by atoms with Gasteiger partial charge in [-0.15, -0.1) is 0 Å². The number of hydrogen-bond acceptors (Lipinski definition) is 2. The fourth-order valence-electron chi connectivity index (χ4n) is 1.19. The fraction of sp³-hybridized carbons (Fsp3) is 0.455. The molecule has 0 fully saturated rings. The Kier molecular flexibility index (Phi) is 4.69. The van der Waals surface area contributed by atoms with Crippen molar-refractivity contribution < 1.29 is 4.79 Å². The maximum atomic E-state index is 11.1. The van der Waals surface area contributed by atoms with Gasteiger partial charge in [0.2, 0.25) is 5.91 Å². The zero-order valence-electron chi connectivity index (χ0n) is 8.49. The van der Waals surface area contributed by atoms with Gasteiger partial charge in [0.05, 0.1) is 0 Å². The van der Waals surface area contributed by atoms with Crippen LogP contribution in [0.5, 0.6) is 0 Å². The number of carbonyl (C=O) groups excluding carboxylic acids is 1. The molecule has 0 unspecified atom stereocenters. The van der Waals surface area contributed by atoms with E-state index in [-0.39, 0.29) is 5.91 Å². The van der Waals surface area contributed by atoms with Gasteiger partial charge in [-0.1, -0.05) is 13.0 Å². The minimum atomic E-state index is 0.128. The molecular formula is C11H16N2O. The zero-order valence-corrected chi connectivity index (χ0v) is 8.49. The van der Waals surface area contributed by atoms with Crippen LogP contribution in [0.25, 0.3) is 0 Å². The van der Waals surface area contributed by atoms with Crippen molar-refractivity contribution in [2.75, 3.05) is 6.54 Å². The van der Waals surface area contributed by atoms with Gasteiger partial charge in [0, 0.05) is 31.3 Å². The predicted molar refractivity (Wildman–Crippen MR) is 55.9 cm³/mol. The number of hydrogen-bond donors (Lipinski definition) is 1. The van der Waals surface area contributed by atoms with E-state index in [2.05, 4.69) is 10.3 Å². The summed E-state index contributed by atoms with van der Waals surface area (Å²) in [5.41, 5.74) is 1.02. The standard InChI is InChI=1S/C11H16N2O/c1-2-5-11(14)13-9-7-10-6-3-4-8-12-10/h3-4,6,8H,2,5,7,9H2,1H3,(H,13,14). The Morgan fingerprint density at radius 3 is 3.00 bits per heavy atom. The van der Waals surface area contributed by atoms with Gasteiger partial charge >= 0.3 is 0 Å². The molecular weight excluding hydrogens is 176 g/mol. The lowest BCUT2D eigenvalue weighted by Crippen LogP contribution is -2.25. The average Bonchev–Trinajstić information content (AvgIpc) is 2.20. The molecule has 0 aliphatic carbocycles. The number of amides is 1. The highest BCUT2D eigenvalue weighted by molar-refractivity contribution is 5.75. The van der Waals surface area contributed by atoms with Gasteiger partial charge in [-0.05, 0) is 18.6 Å². The molecule has 0 spiro atoms. The molecule has 1 heterocycles. The number of aromatic nitrogens is 1. The van der Waals surface area contributed by atoms with Crippen molar-refractivity contribution in [2.45, 2.75) is 26.2 Å². The smallest absolute Gasteiger partial charge is 0.219 e. The van der Waals surface area contributed by atoms with E-state index in [4.69, 9.17) is 0 Å². The van der Waals surface area contributed by atoms with Crippen LogP contribution in [0, 0.1) is 0 Å². The second-order valence-electron chi connectivity index (χ2n) is 3.17. The summed E-state index contributed by atoms with van der Waals surface area (Å²) < 4.78 is 0. The summed E-state index contributed by atoms with van der Waals surface area (Å²) in [6.45, 7) is 2.67. The largest absolute Gasteiger partial charge is 0.356 e. The molecule has 1 aromatic heterocycles. The zero-order chi connectivity index (χ0) is 10.2. The van der Waals surface area contributed by atoms with Crippen LogP contribution in [0.2, 0.25) is 0 Å². The van der Waals surface area contributed by atoms with Crippen molar-refractivity contribution in [3.63, 3.8) is 0 Å². The van der Waals surface area contributed by atoms with Crippen molar-refractivity contribution >= 4 is 5.91 Å². The van der Waals surface area contributed by atoms with Crippen LogP contribution in [0.3, 0.4) is 0 Å². The summed E-state index contributed by atoms with van der Waals surface area (Å²) >= 11 is 0. The van der Waals surface area contributed by atoms with E-state index in [9.17, 15) is 4.79 Å². The van der Waals surface area contributed by atoms with E-state index < -0.39 is 0 Å². The van der Waals surface area contributed by atoms with E-state index >= 15 is 0 Å². The van der Waals surface area contributed by atoms with E-state index in [1.807, 2.05) is 25.1 Å². The lowest BCUT2D eigenvalue weighted by Gasteiger charge is -2.03. The number of nitrogens with zero attached hydrogens (tertiary/aromatic N) is 1. The number of rotatable bonds is 5. The van der Waals surface area contributed by atoms with Gasteiger partial charge in [-0.2, -0.15) is 0 Å². The number of pyridine rings is 1. The summed E-state index contributed by atoms with van der Waals surface area (Å²) in [7, 11) is 0. The second-order valence-corrected chi connectivity index (χ2v) is 3.17. The fourth-order valence-corrected chi connectivity index (χ4v) is 1.19. The Morgan fingerprint density at radius 1 is 1.50 bits per heavy atom. The SMILES string of the molecule is CCCC(=O)NCCc1ccccn1. The van der Waals surface area contributed by atoms with Gasteiger partial charge in [0.25, 0.3) is 0 Å². The topological polar surface area (TPSA) is 42.0 Å². The van der Waals surface area contributed by atoms with Gasteiger partial charge in [-0.3, -0.25) is 9.78 Å². The Bertz CT molecular complexity index is 272. The Balaban J connectivity index is 2.19. The van der Waals surface area contributed by atoms with E-state index in [0.717, 1.165) is 18.5 Å². The molecule has 0 saturated heterocycles. The van der Waals surface area contributed by atoms with Crippen LogP contribution in [0.4, 0.5) is 0 Å². The lowest BCUT2D eigenvalue weighted by molar-refractivity contribution is -0.121. The predicted octanol–water partition coefficient (Wildman–Crippen LogP) is 1.54. The molecule has 14 heavy (non-hydrogen) atoms. The van der Waals surface area contributed by atoms with Crippen molar-refractivity contribution in [3.05, 3.63) is 30.1 Å². The van der Waals surface area contributed by atoms with Gasteiger partial charge in [-0.25, -0.2) is 0 Å². The summed E-state index contributed by atoms with van der Waals surface area (Å²) in [5.74, 6) is 0.128. The molecule has 0 atom stereocenters. The molecule has 3 heteroatoms. The number of nitrogens with one attached hydrogen (secondary N) is 1. The van der Waals surface area contributed by atoms with Crippen molar-refractivity contribution in [1.29, 1.82) is 0 Å². The van der Waals surface area contributed by atoms with E-state index in [1.54, 1.807) is 6.20 Å². The van der Waals surface area contributed by atoms with Crippen LogP contribution in [0.15, 0.2) is 24.4 Å². The molecule has 1 N–H and O–H groups in total. The third kappa shape index (κ3) is 4.03.